The lowest BCUT2D eigenvalue weighted by Gasteiger charge is -2.05. The fourth-order valence-electron chi connectivity index (χ4n) is 3.28. The van der Waals surface area contributed by atoms with Crippen molar-refractivity contribution in [2.45, 2.75) is 25.8 Å². The summed E-state index contributed by atoms with van der Waals surface area (Å²) < 4.78 is 15.7. The van der Waals surface area contributed by atoms with E-state index in [1.165, 1.54) is 10.9 Å². The Morgan fingerprint density at radius 3 is 2.77 bits per heavy atom. The maximum Gasteiger partial charge on any atom is 0.220 e. The number of carbonyl (C=O) groups excluding carboxylic acids is 1. The molecule has 0 radical (unpaired) electrons. The van der Waals surface area contributed by atoms with Crippen LogP contribution in [0, 0.1) is 5.82 Å². The highest BCUT2D eigenvalue weighted by Gasteiger charge is 2.11. The second kappa shape index (κ2) is 8.81. The molecule has 0 aliphatic rings. The Bertz CT molecular complexity index is 1150. The zero-order valence-corrected chi connectivity index (χ0v) is 16.6. The van der Waals surface area contributed by atoms with E-state index in [4.69, 9.17) is 0 Å². The van der Waals surface area contributed by atoms with Crippen molar-refractivity contribution in [1.29, 1.82) is 0 Å². The number of hydrogen-bond acceptors (Lipinski definition) is 5. The predicted molar refractivity (Wildman–Crippen MR) is 110 cm³/mol. The molecule has 1 N–H and O–H groups in total. The van der Waals surface area contributed by atoms with Gasteiger partial charge >= 0.3 is 0 Å². The van der Waals surface area contributed by atoms with Crippen molar-refractivity contribution in [1.82, 2.24) is 35.1 Å². The van der Waals surface area contributed by atoms with Gasteiger partial charge in [-0.3, -0.25) is 4.79 Å². The molecule has 0 bridgehead atoms. The molecule has 0 unspecified atom stereocenters. The van der Waals surface area contributed by atoms with E-state index in [1.807, 2.05) is 48.0 Å². The topological polar surface area (TPSA) is 90.5 Å². The van der Waals surface area contributed by atoms with E-state index in [9.17, 15) is 9.18 Å². The molecular weight excluding hydrogens is 385 g/mol. The number of para-hydroxylation sites is 1. The number of aryl methyl sites for hydroxylation is 2. The molecule has 2 aromatic carbocycles. The monoisotopic (exact) mass is 407 g/mol. The molecule has 0 spiro atoms. The lowest BCUT2D eigenvalue weighted by Crippen LogP contribution is -2.26. The minimum atomic E-state index is -0.337. The number of amides is 1. The molecule has 0 saturated heterocycles. The van der Waals surface area contributed by atoms with Crippen LogP contribution in [0.25, 0.3) is 22.4 Å². The number of rotatable bonds is 8. The van der Waals surface area contributed by atoms with Gasteiger partial charge in [-0.25, -0.2) is 9.37 Å². The van der Waals surface area contributed by atoms with Crippen molar-refractivity contribution >= 4 is 16.9 Å². The molecule has 9 heteroatoms. The number of fused-ring (bicyclic) bond motifs is 1. The normalized spacial score (nSPS) is 11.1. The minimum absolute atomic E-state index is 0.0525. The lowest BCUT2D eigenvalue weighted by atomic mass is 10.2. The fourth-order valence-corrected chi connectivity index (χ4v) is 3.28. The van der Waals surface area contributed by atoms with Crippen LogP contribution in [0.3, 0.4) is 0 Å². The summed E-state index contributed by atoms with van der Waals surface area (Å²) in [6.45, 7) is 0.953. The third-order valence-electron chi connectivity index (χ3n) is 4.87. The summed E-state index contributed by atoms with van der Waals surface area (Å²) in [5.74, 6) is 0.911. The summed E-state index contributed by atoms with van der Waals surface area (Å²) in [6.07, 6.45) is 1.49. The first kappa shape index (κ1) is 19.7. The molecule has 154 valence electrons. The molecule has 8 nitrogen and oxygen atoms in total. The second-order valence-electron chi connectivity index (χ2n) is 6.97. The van der Waals surface area contributed by atoms with Crippen LogP contribution in [0.5, 0.6) is 0 Å². The standard InChI is InChI=1S/C21H22FN7O/c1-28-17-10-5-9-16(22)20(17)24-18(28)12-13-23-19(30)11-6-14-29-26-21(25-27-29)15-7-3-2-4-8-15/h2-5,7-10H,6,11-14H2,1H3,(H,23,30). The Labute approximate surface area is 172 Å². The van der Waals surface area contributed by atoms with Gasteiger partial charge in [-0.15, -0.1) is 10.2 Å². The van der Waals surface area contributed by atoms with Crippen molar-refractivity contribution in [2.75, 3.05) is 6.54 Å². The molecular formula is C21H22FN7O. The van der Waals surface area contributed by atoms with Gasteiger partial charge in [0.05, 0.1) is 12.1 Å². The molecule has 0 atom stereocenters. The number of nitrogens with zero attached hydrogens (tertiary/aromatic N) is 6. The summed E-state index contributed by atoms with van der Waals surface area (Å²) in [6, 6.07) is 14.5. The number of halogens is 1. The van der Waals surface area contributed by atoms with Crippen LogP contribution in [0.1, 0.15) is 18.7 Å². The van der Waals surface area contributed by atoms with Gasteiger partial charge in [0.15, 0.2) is 5.82 Å². The van der Waals surface area contributed by atoms with E-state index < -0.39 is 0 Å². The Balaban J connectivity index is 1.22. The highest BCUT2D eigenvalue weighted by molar-refractivity contribution is 5.77. The first-order valence-electron chi connectivity index (χ1n) is 9.81. The quantitative estimate of drug-likeness (QED) is 0.485. The molecule has 0 saturated carbocycles. The Morgan fingerprint density at radius 1 is 1.13 bits per heavy atom. The number of nitrogens with one attached hydrogen (secondary N) is 1. The van der Waals surface area contributed by atoms with Gasteiger partial charge in [0.25, 0.3) is 0 Å². The largest absolute Gasteiger partial charge is 0.356 e. The van der Waals surface area contributed by atoms with Gasteiger partial charge in [-0.05, 0) is 23.8 Å². The third-order valence-corrected chi connectivity index (χ3v) is 4.87. The predicted octanol–water partition coefficient (Wildman–Crippen LogP) is 2.50. The van der Waals surface area contributed by atoms with Gasteiger partial charge in [0.1, 0.15) is 11.3 Å². The summed E-state index contributed by atoms with van der Waals surface area (Å²) in [4.78, 5) is 17.9. The number of hydrogen-bond donors (Lipinski definition) is 1. The van der Waals surface area contributed by atoms with E-state index in [-0.39, 0.29) is 11.7 Å². The average Bonchev–Trinajstić information content (AvgIpc) is 3.35. The number of imidazole rings is 1. The van der Waals surface area contributed by atoms with E-state index in [0.717, 1.165) is 16.9 Å². The van der Waals surface area contributed by atoms with Crippen LogP contribution in [-0.4, -0.2) is 42.2 Å². The number of benzene rings is 2. The molecule has 2 aromatic heterocycles. The van der Waals surface area contributed by atoms with E-state index in [0.29, 0.717) is 43.7 Å². The van der Waals surface area contributed by atoms with Crippen LogP contribution < -0.4 is 5.32 Å². The first-order chi connectivity index (χ1) is 14.6. The molecule has 2 heterocycles. The van der Waals surface area contributed by atoms with Crippen LogP contribution in [-0.2, 0) is 24.8 Å². The molecule has 4 aromatic rings. The zero-order valence-electron chi connectivity index (χ0n) is 16.6. The van der Waals surface area contributed by atoms with Crippen molar-refractivity contribution in [3.8, 4) is 11.4 Å². The maximum atomic E-state index is 13.8. The van der Waals surface area contributed by atoms with Gasteiger partial charge in [-0.2, -0.15) is 4.80 Å². The van der Waals surface area contributed by atoms with Crippen LogP contribution in [0.4, 0.5) is 4.39 Å². The summed E-state index contributed by atoms with van der Waals surface area (Å²) in [7, 11) is 1.85. The third kappa shape index (κ3) is 4.35. The molecule has 0 fully saturated rings. The number of tetrazole rings is 1. The van der Waals surface area contributed by atoms with Crippen molar-refractivity contribution in [3.05, 3.63) is 60.2 Å². The molecule has 0 aliphatic carbocycles. The Hall–Kier alpha value is -3.62. The highest BCUT2D eigenvalue weighted by Crippen LogP contribution is 2.18. The Morgan fingerprint density at radius 2 is 1.97 bits per heavy atom. The van der Waals surface area contributed by atoms with Crippen molar-refractivity contribution in [3.63, 3.8) is 0 Å². The van der Waals surface area contributed by atoms with Gasteiger partial charge in [0.2, 0.25) is 11.7 Å². The smallest absolute Gasteiger partial charge is 0.220 e. The van der Waals surface area contributed by atoms with Gasteiger partial charge in [-0.1, -0.05) is 36.4 Å². The Kier molecular flexibility index (Phi) is 5.78. The van der Waals surface area contributed by atoms with Gasteiger partial charge < -0.3 is 9.88 Å². The fraction of sp³-hybridized carbons (Fsp3) is 0.286. The van der Waals surface area contributed by atoms with Crippen LogP contribution in [0.15, 0.2) is 48.5 Å². The van der Waals surface area contributed by atoms with Crippen LogP contribution >= 0.6 is 0 Å². The average molecular weight is 407 g/mol. The molecule has 30 heavy (non-hydrogen) atoms. The number of aromatic nitrogens is 6. The van der Waals surface area contributed by atoms with Crippen LogP contribution in [0.2, 0.25) is 0 Å². The molecule has 1 amide bonds. The van der Waals surface area contributed by atoms with Gasteiger partial charge in [0, 0.05) is 32.0 Å². The highest BCUT2D eigenvalue weighted by atomic mass is 19.1. The lowest BCUT2D eigenvalue weighted by molar-refractivity contribution is -0.121. The maximum absolute atomic E-state index is 13.8. The zero-order chi connectivity index (χ0) is 20.9. The molecule has 4 rings (SSSR count). The van der Waals surface area contributed by atoms with Crippen molar-refractivity contribution < 1.29 is 9.18 Å². The van der Waals surface area contributed by atoms with E-state index >= 15 is 0 Å². The van der Waals surface area contributed by atoms with Crippen molar-refractivity contribution in [2.24, 2.45) is 7.05 Å². The first-order valence-corrected chi connectivity index (χ1v) is 9.81. The van der Waals surface area contributed by atoms with E-state index in [1.54, 1.807) is 6.07 Å². The summed E-state index contributed by atoms with van der Waals surface area (Å²) >= 11 is 0. The second-order valence-corrected chi connectivity index (χ2v) is 6.97. The SMILES string of the molecule is Cn1c(CCNC(=O)CCCn2nnc(-c3ccccc3)n2)nc2c(F)cccc21. The number of carbonyl (C=O) groups is 1. The summed E-state index contributed by atoms with van der Waals surface area (Å²) in [5.41, 5.74) is 2.01. The minimum Gasteiger partial charge on any atom is -0.356 e. The summed E-state index contributed by atoms with van der Waals surface area (Å²) in [5, 5.41) is 15.3. The molecule has 0 aliphatic heterocycles. The van der Waals surface area contributed by atoms with E-state index in [2.05, 4.69) is 25.7 Å².